The van der Waals surface area contributed by atoms with E-state index in [2.05, 4.69) is 12.2 Å². The van der Waals surface area contributed by atoms with Crippen LogP contribution in [0.25, 0.3) is 0 Å². The van der Waals surface area contributed by atoms with Crippen molar-refractivity contribution in [1.82, 2.24) is 10.2 Å². The van der Waals surface area contributed by atoms with Gasteiger partial charge < -0.3 is 20.6 Å². The van der Waals surface area contributed by atoms with Gasteiger partial charge in [-0.25, -0.2) is 0 Å². The first-order valence-electron chi connectivity index (χ1n) is 8.06. The number of carbonyl (C=O) groups is 1. The maximum absolute atomic E-state index is 11.8. The molecule has 4 N–H and O–H groups in total. The number of hydrogen-bond donors (Lipinski definition) is 4. The molecule has 1 fully saturated rings. The Hall–Kier alpha value is -0.690. The van der Waals surface area contributed by atoms with Crippen LogP contribution in [0.3, 0.4) is 0 Å². The molecule has 21 heavy (non-hydrogen) atoms. The van der Waals surface area contributed by atoms with Crippen molar-refractivity contribution in [3.63, 3.8) is 0 Å². The topological polar surface area (TPSA) is 93.0 Å². The minimum absolute atomic E-state index is 0.133. The number of nitrogens with zero attached hydrogens (tertiary/aromatic N) is 1. The third-order valence-electron chi connectivity index (χ3n) is 4.22. The van der Waals surface area contributed by atoms with Crippen LogP contribution in [0.4, 0.5) is 0 Å². The summed E-state index contributed by atoms with van der Waals surface area (Å²) in [7, 11) is 0. The van der Waals surface area contributed by atoms with Gasteiger partial charge in [0.1, 0.15) is 0 Å². The maximum Gasteiger partial charge on any atom is 0.221 e. The van der Waals surface area contributed by atoms with Gasteiger partial charge in [0, 0.05) is 19.0 Å². The highest BCUT2D eigenvalue weighted by Crippen LogP contribution is 2.28. The first-order chi connectivity index (χ1) is 10.1. The summed E-state index contributed by atoms with van der Waals surface area (Å²) >= 11 is 0. The van der Waals surface area contributed by atoms with E-state index < -0.39 is 24.3 Å². The molecule has 1 saturated heterocycles. The fourth-order valence-corrected chi connectivity index (χ4v) is 3.06. The fraction of sp³-hybridized carbons (Fsp3) is 0.933. The number of rotatable bonds is 9. The molecule has 0 aliphatic carbocycles. The quantitative estimate of drug-likeness (QED) is 0.445. The minimum Gasteiger partial charge on any atom is -0.395 e. The highest BCUT2D eigenvalue weighted by atomic mass is 16.3. The summed E-state index contributed by atoms with van der Waals surface area (Å²) in [6.07, 6.45) is 2.45. The summed E-state index contributed by atoms with van der Waals surface area (Å²) in [6, 6.07) is -0.911. The Labute approximate surface area is 127 Å². The summed E-state index contributed by atoms with van der Waals surface area (Å²) < 4.78 is 0. The summed E-state index contributed by atoms with van der Waals surface area (Å²) in [4.78, 5) is 13.7. The molecule has 1 amide bonds. The number of aliphatic hydroxyl groups excluding tert-OH is 3. The Kier molecular flexibility index (Phi) is 8.18. The molecule has 0 unspecified atom stereocenters. The molecule has 1 rings (SSSR count). The second-order valence-electron chi connectivity index (χ2n) is 5.75. The molecule has 0 saturated carbocycles. The van der Waals surface area contributed by atoms with Gasteiger partial charge in [-0.15, -0.1) is 0 Å². The highest BCUT2D eigenvalue weighted by Gasteiger charge is 2.47. The standard InChI is InChI=1S/C15H30N2O4/c1-3-5-6-7-8-17-11(9-13(19)16-4-2)14(20)15(21)12(17)10-18/h11-12,14-15,18,20-21H,3-10H2,1-2H3,(H,16,19)/t11-,12-,14-,15-/m1/s1. The van der Waals surface area contributed by atoms with Gasteiger partial charge in [0.15, 0.2) is 0 Å². The number of aliphatic hydroxyl groups is 3. The lowest BCUT2D eigenvalue weighted by molar-refractivity contribution is -0.123. The summed E-state index contributed by atoms with van der Waals surface area (Å²) in [6.45, 7) is 5.00. The molecule has 4 atom stereocenters. The van der Waals surface area contributed by atoms with Crippen molar-refractivity contribution in [2.24, 2.45) is 0 Å². The van der Waals surface area contributed by atoms with Crippen molar-refractivity contribution in [2.45, 2.75) is 70.2 Å². The van der Waals surface area contributed by atoms with E-state index in [1.165, 1.54) is 0 Å². The molecule has 0 aromatic heterocycles. The van der Waals surface area contributed by atoms with E-state index in [0.29, 0.717) is 13.1 Å². The maximum atomic E-state index is 11.8. The van der Waals surface area contributed by atoms with E-state index in [-0.39, 0.29) is 18.9 Å². The first-order valence-corrected chi connectivity index (χ1v) is 8.06. The van der Waals surface area contributed by atoms with Crippen molar-refractivity contribution in [3.05, 3.63) is 0 Å². The summed E-state index contributed by atoms with van der Waals surface area (Å²) in [5.41, 5.74) is 0. The Balaban J connectivity index is 2.67. The van der Waals surface area contributed by atoms with Crippen molar-refractivity contribution in [2.75, 3.05) is 19.7 Å². The number of likely N-dealkylation sites (tertiary alicyclic amines) is 1. The molecule has 6 heteroatoms. The molecule has 0 aromatic carbocycles. The minimum atomic E-state index is -0.999. The van der Waals surface area contributed by atoms with Crippen LogP contribution in [0.15, 0.2) is 0 Å². The lowest BCUT2D eigenvalue weighted by Gasteiger charge is -2.29. The van der Waals surface area contributed by atoms with Crippen LogP contribution >= 0.6 is 0 Å². The molecular weight excluding hydrogens is 272 g/mol. The smallest absolute Gasteiger partial charge is 0.221 e. The van der Waals surface area contributed by atoms with Crippen molar-refractivity contribution < 1.29 is 20.1 Å². The molecule has 1 aliphatic heterocycles. The zero-order valence-corrected chi connectivity index (χ0v) is 13.2. The van der Waals surface area contributed by atoms with Crippen LogP contribution in [0.2, 0.25) is 0 Å². The zero-order chi connectivity index (χ0) is 15.8. The molecular formula is C15H30N2O4. The van der Waals surface area contributed by atoms with Gasteiger partial charge in [0.2, 0.25) is 5.91 Å². The van der Waals surface area contributed by atoms with Gasteiger partial charge in [-0.05, 0) is 19.9 Å². The van der Waals surface area contributed by atoms with Gasteiger partial charge in [-0.2, -0.15) is 0 Å². The number of hydrogen-bond acceptors (Lipinski definition) is 5. The molecule has 0 spiro atoms. The van der Waals surface area contributed by atoms with Gasteiger partial charge in [0.05, 0.1) is 24.9 Å². The Bertz CT molecular complexity index is 314. The van der Waals surface area contributed by atoms with Gasteiger partial charge in [0.25, 0.3) is 0 Å². The fourth-order valence-electron chi connectivity index (χ4n) is 3.06. The third-order valence-corrected chi connectivity index (χ3v) is 4.22. The molecule has 1 heterocycles. The third kappa shape index (κ3) is 4.92. The summed E-state index contributed by atoms with van der Waals surface area (Å²) in [5.74, 6) is -0.133. The van der Waals surface area contributed by atoms with E-state index in [4.69, 9.17) is 0 Å². The highest BCUT2D eigenvalue weighted by molar-refractivity contribution is 5.76. The average molecular weight is 302 g/mol. The van der Waals surface area contributed by atoms with Crippen LogP contribution < -0.4 is 5.32 Å². The van der Waals surface area contributed by atoms with E-state index in [9.17, 15) is 20.1 Å². The predicted molar refractivity (Wildman–Crippen MR) is 80.8 cm³/mol. The van der Waals surface area contributed by atoms with E-state index >= 15 is 0 Å². The Morgan fingerprint density at radius 1 is 1.10 bits per heavy atom. The number of amides is 1. The van der Waals surface area contributed by atoms with Crippen LogP contribution in [-0.2, 0) is 4.79 Å². The van der Waals surface area contributed by atoms with Crippen molar-refractivity contribution >= 4 is 5.91 Å². The Morgan fingerprint density at radius 3 is 2.33 bits per heavy atom. The zero-order valence-electron chi connectivity index (χ0n) is 13.2. The van der Waals surface area contributed by atoms with Crippen molar-refractivity contribution in [1.29, 1.82) is 0 Å². The van der Waals surface area contributed by atoms with Crippen molar-refractivity contribution in [3.8, 4) is 0 Å². The van der Waals surface area contributed by atoms with Gasteiger partial charge in [-0.3, -0.25) is 9.69 Å². The van der Waals surface area contributed by atoms with Crippen LogP contribution in [0, 0.1) is 0 Å². The molecule has 0 bridgehead atoms. The average Bonchev–Trinajstić information content (AvgIpc) is 2.68. The second kappa shape index (κ2) is 9.35. The second-order valence-corrected chi connectivity index (χ2v) is 5.75. The lowest BCUT2D eigenvalue weighted by atomic mass is 10.1. The van der Waals surface area contributed by atoms with Crippen LogP contribution in [-0.4, -0.2) is 70.1 Å². The van der Waals surface area contributed by atoms with Gasteiger partial charge in [-0.1, -0.05) is 26.2 Å². The Morgan fingerprint density at radius 2 is 1.76 bits per heavy atom. The van der Waals surface area contributed by atoms with Gasteiger partial charge >= 0.3 is 0 Å². The monoisotopic (exact) mass is 302 g/mol. The summed E-state index contributed by atoms with van der Waals surface area (Å²) in [5, 5.41) is 32.4. The molecule has 6 nitrogen and oxygen atoms in total. The normalized spacial score (nSPS) is 29.8. The SMILES string of the molecule is CCCCCCN1[C@H](CO)[C@@H](O)[C@H](O)[C@H]1CC(=O)NCC. The number of nitrogens with one attached hydrogen (secondary N) is 1. The molecule has 124 valence electrons. The number of carbonyl (C=O) groups excluding carboxylic acids is 1. The largest absolute Gasteiger partial charge is 0.395 e. The number of unbranched alkanes of at least 4 members (excludes halogenated alkanes) is 3. The first kappa shape index (κ1) is 18.4. The molecule has 1 aliphatic rings. The van der Waals surface area contributed by atoms with E-state index in [1.54, 1.807) is 0 Å². The van der Waals surface area contributed by atoms with E-state index in [0.717, 1.165) is 25.7 Å². The lowest BCUT2D eigenvalue weighted by Crippen LogP contribution is -2.44. The molecule has 0 aromatic rings. The van der Waals surface area contributed by atoms with Crippen LogP contribution in [0.1, 0.15) is 46.0 Å². The van der Waals surface area contributed by atoms with E-state index in [1.807, 2.05) is 11.8 Å². The van der Waals surface area contributed by atoms with Crippen LogP contribution in [0.5, 0.6) is 0 Å². The molecule has 0 radical (unpaired) electrons. The predicted octanol–water partition coefficient (Wildman–Crippen LogP) is -0.140.